The third-order valence-electron chi connectivity index (χ3n) is 8.31. The van der Waals surface area contributed by atoms with Crippen LogP contribution in [0.15, 0.2) is 46.9 Å². The van der Waals surface area contributed by atoms with Gasteiger partial charge in [-0.05, 0) is 96.9 Å². The zero-order valence-corrected chi connectivity index (χ0v) is 19.5. The Bertz CT molecular complexity index is 909. The molecule has 154 valence electrons. The summed E-state index contributed by atoms with van der Waals surface area (Å²) in [5.74, 6) is 2.55. The number of halogens is 1. The number of rotatable bonds is 4. The van der Waals surface area contributed by atoms with Crippen LogP contribution in [0.2, 0.25) is 0 Å². The molecular weight excluding hydrogens is 422 g/mol. The predicted octanol–water partition coefficient (Wildman–Crippen LogP) is 6.95. The van der Waals surface area contributed by atoms with Gasteiger partial charge in [0.25, 0.3) is 0 Å². The molecule has 0 unspecified atom stereocenters. The van der Waals surface area contributed by atoms with Gasteiger partial charge in [0.1, 0.15) is 5.75 Å². The minimum absolute atomic E-state index is 0.130. The zero-order valence-electron chi connectivity index (χ0n) is 17.9. The number of ether oxygens (including phenoxy) is 1. The quantitative estimate of drug-likeness (QED) is 0.496. The van der Waals surface area contributed by atoms with Crippen LogP contribution < -0.4 is 9.64 Å². The van der Waals surface area contributed by atoms with Crippen molar-refractivity contribution in [3.8, 4) is 5.75 Å². The molecule has 2 aliphatic heterocycles. The molecule has 4 aliphatic rings. The standard InChI is InChI=1S/C26H32BrNO/c1-4-5-23-24-12-6-18-16-21(29-3)11-13-22(18)26(24)15-14-25(23,2)17-28(26)20-9-7-19(27)8-10-20/h7-11,13,16,23-24H,4-6,12,14-15,17H2,1-3H3/t23-,24-,25+,26-/m0/s1. The number of aryl methyl sites for hydroxylation is 1. The molecule has 3 heteroatoms. The number of anilines is 1. The fourth-order valence-electron chi connectivity index (χ4n) is 7.06. The molecule has 0 aromatic heterocycles. The Kier molecular flexibility index (Phi) is 4.73. The molecule has 2 saturated heterocycles. The first-order valence-electron chi connectivity index (χ1n) is 11.2. The Labute approximate surface area is 183 Å². The molecule has 6 rings (SSSR count). The Morgan fingerprint density at radius 2 is 1.93 bits per heavy atom. The van der Waals surface area contributed by atoms with Gasteiger partial charge in [-0.1, -0.05) is 42.3 Å². The molecule has 2 nitrogen and oxygen atoms in total. The number of fused-ring (bicyclic) bond motifs is 3. The summed E-state index contributed by atoms with van der Waals surface area (Å²) in [6.07, 6.45) is 7.75. The van der Waals surface area contributed by atoms with Gasteiger partial charge in [-0.25, -0.2) is 0 Å². The molecule has 2 aromatic rings. The summed E-state index contributed by atoms with van der Waals surface area (Å²) in [7, 11) is 1.78. The lowest BCUT2D eigenvalue weighted by molar-refractivity contribution is -0.0641. The predicted molar refractivity (Wildman–Crippen MR) is 124 cm³/mol. The largest absolute Gasteiger partial charge is 0.497 e. The van der Waals surface area contributed by atoms with E-state index in [1.165, 1.54) is 56.3 Å². The molecule has 0 amide bonds. The second kappa shape index (κ2) is 7.04. The van der Waals surface area contributed by atoms with E-state index in [2.05, 4.69) is 77.1 Å². The van der Waals surface area contributed by atoms with Crippen LogP contribution in [0, 0.1) is 17.3 Å². The molecule has 2 aliphatic carbocycles. The van der Waals surface area contributed by atoms with Gasteiger partial charge >= 0.3 is 0 Å². The highest BCUT2D eigenvalue weighted by Gasteiger charge is 2.63. The molecule has 0 radical (unpaired) electrons. The Balaban J connectivity index is 1.70. The second-order valence-corrected chi connectivity index (χ2v) is 10.6. The molecule has 1 spiro atoms. The van der Waals surface area contributed by atoms with E-state index in [1.807, 2.05) is 0 Å². The van der Waals surface area contributed by atoms with Crippen LogP contribution in [0.4, 0.5) is 5.69 Å². The summed E-state index contributed by atoms with van der Waals surface area (Å²) in [5, 5.41) is 0. The van der Waals surface area contributed by atoms with Gasteiger partial charge in [-0.3, -0.25) is 0 Å². The second-order valence-electron chi connectivity index (χ2n) is 9.70. The van der Waals surface area contributed by atoms with Crippen molar-refractivity contribution in [3.63, 3.8) is 0 Å². The molecule has 2 heterocycles. The van der Waals surface area contributed by atoms with Crippen molar-refractivity contribution >= 4 is 21.6 Å². The first-order valence-corrected chi connectivity index (χ1v) is 12.0. The molecule has 29 heavy (non-hydrogen) atoms. The van der Waals surface area contributed by atoms with E-state index in [0.717, 1.165) is 22.1 Å². The van der Waals surface area contributed by atoms with E-state index in [9.17, 15) is 0 Å². The molecule has 2 bridgehead atoms. The molecule has 2 aromatic carbocycles. The van der Waals surface area contributed by atoms with Crippen molar-refractivity contribution < 1.29 is 4.74 Å². The summed E-state index contributed by atoms with van der Waals surface area (Å²) < 4.78 is 6.73. The van der Waals surface area contributed by atoms with E-state index in [1.54, 1.807) is 12.7 Å². The third kappa shape index (κ3) is 2.80. The minimum atomic E-state index is 0.130. The monoisotopic (exact) mass is 453 g/mol. The summed E-state index contributed by atoms with van der Waals surface area (Å²) in [5.41, 5.74) is 5.00. The fraction of sp³-hybridized carbons (Fsp3) is 0.538. The van der Waals surface area contributed by atoms with Gasteiger partial charge in [0, 0.05) is 16.7 Å². The van der Waals surface area contributed by atoms with Crippen molar-refractivity contribution in [2.75, 3.05) is 18.6 Å². The van der Waals surface area contributed by atoms with Crippen LogP contribution in [0.25, 0.3) is 0 Å². The van der Waals surface area contributed by atoms with E-state index >= 15 is 0 Å². The first kappa shape index (κ1) is 19.5. The van der Waals surface area contributed by atoms with E-state index < -0.39 is 0 Å². The van der Waals surface area contributed by atoms with Crippen molar-refractivity contribution in [2.45, 2.75) is 57.9 Å². The number of benzene rings is 2. The molecular formula is C26H32BrNO. The number of piperidine rings is 2. The van der Waals surface area contributed by atoms with Crippen molar-refractivity contribution in [1.82, 2.24) is 0 Å². The SMILES string of the molecule is CCC[C@H]1[C@@H]2CCc3cc(OC)ccc3[C@@]23CC[C@]1(C)CN3c1ccc(Br)cc1. The van der Waals surface area contributed by atoms with Crippen molar-refractivity contribution in [3.05, 3.63) is 58.1 Å². The average Bonchev–Trinajstić information content (AvgIpc) is 2.74. The van der Waals surface area contributed by atoms with Gasteiger partial charge in [0.2, 0.25) is 0 Å². The lowest BCUT2D eigenvalue weighted by atomic mass is 9.46. The maximum atomic E-state index is 5.57. The average molecular weight is 454 g/mol. The van der Waals surface area contributed by atoms with Crippen molar-refractivity contribution in [2.24, 2.45) is 17.3 Å². The van der Waals surface area contributed by atoms with Gasteiger partial charge in [0.05, 0.1) is 12.6 Å². The van der Waals surface area contributed by atoms with Crippen molar-refractivity contribution in [1.29, 1.82) is 0 Å². The third-order valence-corrected chi connectivity index (χ3v) is 8.84. The highest BCUT2D eigenvalue weighted by molar-refractivity contribution is 9.10. The van der Waals surface area contributed by atoms with Gasteiger partial charge in [-0.15, -0.1) is 0 Å². The van der Waals surface area contributed by atoms with Crippen LogP contribution in [0.3, 0.4) is 0 Å². The smallest absolute Gasteiger partial charge is 0.119 e. The highest BCUT2D eigenvalue weighted by atomic mass is 79.9. The maximum Gasteiger partial charge on any atom is 0.119 e. The Hall–Kier alpha value is -1.48. The van der Waals surface area contributed by atoms with E-state index in [-0.39, 0.29) is 5.54 Å². The van der Waals surface area contributed by atoms with Crippen LogP contribution in [-0.2, 0) is 12.0 Å². The normalized spacial score (nSPS) is 32.6. The van der Waals surface area contributed by atoms with Crippen LogP contribution in [0.1, 0.15) is 57.1 Å². The minimum Gasteiger partial charge on any atom is -0.497 e. The number of hydrogen-bond acceptors (Lipinski definition) is 2. The van der Waals surface area contributed by atoms with Gasteiger partial charge < -0.3 is 9.64 Å². The Morgan fingerprint density at radius 3 is 2.66 bits per heavy atom. The molecule has 0 N–H and O–H groups in total. The van der Waals surface area contributed by atoms with Gasteiger partial charge in [0.15, 0.2) is 0 Å². The zero-order chi connectivity index (χ0) is 20.2. The lowest BCUT2D eigenvalue weighted by Crippen LogP contribution is -2.69. The Morgan fingerprint density at radius 1 is 1.14 bits per heavy atom. The summed E-state index contributed by atoms with van der Waals surface area (Å²) in [6, 6.07) is 15.9. The summed E-state index contributed by atoms with van der Waals surface area (Å²) >= 11 is 3.63. The lowest BCUT2D eigenvalue weighted by Gasteiger charge is -2.69. The van der Waals surface area contributed by atoms with Gasteiger partial charge in [-0.2, -0.15) is 0 Å². The van der Waals surface area contributed by atoms with E-state index in [0.29, 0.717) is 5.41 Å². The fourth-order valence-corrected chi connectivity index (χ4v) is 7.32. The van der Waals surface area contributed by atoms with Crippen LogP contribution in [0.5, 0.6) is 5.75 Å². The topological polar surface area (TPSA) is 12.5 Å². The summed E-state index contributed by atoms with van der Waals surface area (Å²) in [4.78, 5) is 2.80. The highest BCUT2D eigenvalue weighted by Crippen LogP contribution is 2.65. The number of nitrogens with zero attached hydrogens (tertiary/aromatic N) is 1. The summed E-state index contributed by atoms with van der Waals surface area (Å²) in [6.45, 7) is 6.11. The number of methoxy groups -OCH3 is 1. The maximum absolute atomic E-state index is 5.57. The van der Waals surface area contributed by atoms with Crippen LogP contribution >= 0.6 is 15.9 Å². The molecule has 3 fully saturated rings. The molecule has 1 saturated carbocycles. The molecule has 4 atom stereocenters. The first-order chi connectivity index (χ1) is 14.0. The van der Waals surface area contributed by atoms with Crippen LogP contribution in [-0.4, -0.2) is 13.7 Å². The van der Waals surface area contributed by atoms with E-state index in [4.69, 9.17) is 4.74 Å². The number of hydrogen-bond donors (Lipinski definition) is 0.